The van der Waals surface area contributed by atoms with Crippen molar-refractivity contribution in [3.63, 3.8) is 0 Å². The van der Waals surface area contributed by atoms with Gasteiger partial charge in [0, 0.05) is 24.2 Å². The highest BCUT2D eigenvalue weighted by Crippen LogP contribution is 2.38. The lowest BCUT2D eigenvalue weighted by atomic mass is 9.91. The number of ether oxygens (including phenoxy) is 1. The van der Waals surface area contributed by atoms with Gasteiger partial charge in [0.25, 0.3) is 0 Å². The van der Waals surface area contributed by atoms with E-state index in [9.17, 15) is 0 Å². The number of nitrogens with one attached hydrogen (secondary N) is 1. The van der Waals surface area contributed by atoms with Crippen molar-refractivity contribution in [2.24, 2.45) is 11.1 Å². The Balaban J connectivity index is 2.08. The fourth-order valence-electron chi connectivity index (χ4n) is 3.20. The molecule has 0 heterocycles. The van der Waals surface area contributed by atoms with Crippen molar-refractivity contribution in [3.05, 3.63) is 29.8 Å². The lowest BCUT2D eigenvalue weighted by Crippen LogP contribution is -2.36. The summed E-state index contributed by atoms with van der Waals surface area (Å²) in [5.41, 5.74) is 7.63. The van der Waals surface area contributed by atoms with Crippen LogP contribution < -0.4 is 15.8 Å². The molecule has 0 aromatic heterocycles. The molecule has 3 nitrogen and oxygen atoms in total. The lowest BCUT2D eigenvalue weighted by Gasteiger charge is -2.25. The SMILES string of the molecule is CCOc1ccccc1C(CN)NC1CCC(C)(C)C1. The molecule has 0 saturated heterocycles. The van der Waals surface area contributed by atoms with Gasteiger partial charge in [0.1, 0.15) is 5.75 Å². The van der Waals surface area contributed by atoms with Crippen LogP contribution in [0.3, 0.4) is 0 Å². The van der Waals surface area contributed by atoms with Crippen molar-refractivity contribution in [1.29, 1.82) is 0 Å². The molecule has 112 valence electrons. The van der Waals surface area contributed by atoms with E-state index in [-0.39, 0.29) is 6.04 Å². The number of nitrogens with two attached hydrogens (primary N) is 1. The highest BCUT2D eigenvalue weighted by atomic mass is 16.5. The van der Waals surface area contributed by atoms with E-state index in [4.69, 9.17) is 10.5 Å². The fourth-order valence-corrected chi connectivity index (χ4v) is 3.20. The maximum Gasteiger partial charge on any atom is 0.124 e. The van der Waals surface area contributed by atoms with Gasteiger partial charge >= 0.3 is 0 Å². The largest absolute Gasteiger partial charge is 0.494 e. The van der Waals surface area contributed by atoms with Crippen molar-refractivity contribution in [3.8, 4) is 5.75 Å². The maximum absolute atomic E-state index is 6.00. The summed E-state index contributed by atoms with van der Waals surface area (Å²) in [6.07, 6.45) is 3.75. The van der Waals surface area contributed by atoms with Gasteiger partial charge in [-0.15, -0.1) is 0 Å². The van der Waals surface area contributed by atoms with Crippen LogP contribution in [0.2, 0.25) is 0 Å². The van der Waals surface area contributed by atoms with Crippen molar-refractivity contribution >= 4 is 0 Å². The molecule has 1 saturated carbocycles. The zero-order valence-electron chi connectivity index (χ0n) is 13.0. The molecular weight excluding hydrogens is 248 g/mol. The standard InChI is InChI=1S/C17H28N2O/c1-4-20-16-8-6-5-7-14(16)15(12-18)19-13-9-10-17(2,3)11-13/h5-8,13,15,19H,4,9-12,18H2,1-3H3. The number of para-hydroxylation sites is 1. The Bertz CT molecular complexity index is 431. The van der Waals surface area contributed by atoms with Crippen LogP contribution in [0.1, 0.15) is 51.6 Å². The Kier molecular flexibility index (Phi) is 5.06. The van der Waals surface area contributed by atoms with Gasteiger partial charge in [-0.3, -0.25) is 0 Å². The van der Waals surface area contributed by atoms with Crippen LogP contribution in [0.25, 0.3) is 0 Å². The van der Waals surface area contributed by atoms with Gasteiger partial charge < -0.3 is 15.8 Å². The second-order valence-electron chi connectivity index (χ2n) is 6.53. The third-order valence-corrected chi connectivity index (χ3v) is 4.24. The molecule has 1 aromatic rings. The zero-order chi connectivity index (χ0) is 14.6. The predicted octanol–water partition coefficient (Wildman–Crippen LogP) is 3.25. The Morgan fingerprint density at radius 3 is 2.75 bits per heavy atom. The third-order valence-electron chi connectivity index (χ3n) is 4.24. The molecular formula is C17H28N2O. The number of rotatable bonds is 6. The van der Waals surface area contributed by atoms with E-state index in [1.54, 1.807) is 0 Å². The molecule has 1 fully saturated rings. The third kappa shape index (κ3) is 3.74. The molecule has 0 aliphatic heterocycles. The first kappa shape index (κ1) is 15.3. The van der Waals surface area contributed by atoms with Crippen LogP contribution >= 0.6 is 0 Å². The molecule has 1 aromatic carbocycles. The van der Waals surface area contributed by atoms with E-state index < -0.39 is 0 Å². The first-order chi connectivity index (χ1) is 9.55. The first-order valence-corrected chi connectivity index (χ1v) is 7.73. The maximum atomic E-state index is 6.00. The van der Waals surface area contributed by atoms with E-state index in [2.05, 4.69) is 31.3 Å². The Labute approximate surface area is 122 Å². The van der Waals surface area contributed by atoms with Crippen molar-refractivity contribution in [1.82, 2.24) is 5.32 Å². The van der Waals surface area contributed by atoms with Crippen LogP contribution in [-0.4, -0.2) is 19.2 Å². The summed E-state index contributed by atoms with van der Waals surface area (Å²) in [4.78, 5) is 0. The summed E-state index contributed by atoms with van der Waals surface area (Å²) < 4.78 is 5.73. The van der Waals surface area contributed by atoms with Gasteiger partial charge in [0.2, 0.25) is 0 Å². The second kappa shape index (κ2) is 6.59. The summed E-state index contributed by atoms with van der Waals surface area (Å²) in [6, 6.07) is 8.96. The normalized spacial score (nSPS) is 22.7. The van der Waals surface area contributed by atoms with Gasteiger partial charge in [0.05, 0.1) is 6.61 Å². The Hall–Kier alpha value is -1.06. The van der Waals surface area contributed by atoms with Gasteiger partial charge in [0.15, 0.2) is 0 Å². The first-order valence-electron chi connectivity index (χ1n) is 7.73. The quantitative estimate of drug-likeness (QED) is 0.838. The van der Waals surface area contributed by atoms with E-state index in [0.29, 0.717) is 24.6 Å². The van der Waals surface area contributed by atoms with Gasteiger partial charge in [-0.25, -0.2) is 0 Å². The fraction of sp³-hybridized carbons (Fsp3) is 0.647. The monoisotopic (exact) mass is 276 g/mol. The average Bonchev–Trinajstić information content (AvgIpc) is 2.77. The minimum absolute atomic E-state index is 0.177. The highest BCUT2D eigenvalue weighted by molar-refractivity contribution is 5.36. The predicted molar refractivity (Wildman–Crippen MR) is 84.0 cm³/mol. The zero-order valence-corrected chi connectivity index (χ0v) is 13.0. The molecule has 0 spiro atoms. The molecule has 1 aliphatic rings. The molecule has 0 bridgehead atoms. The van der Waals surface area contributed by atoms with Crippen LogP contribution in [-0.2, 0) is 0 Å². The topological polar surface area (TPSA) is 47.3 Å². The average molecular weight is 276 g/mol. The number of hydrogen-bond acceptors (Lipinski definition) is 3. The van der Waals surface area contributed by atoms with Crippen molar-refractivity contribution in [2.45, 2.75) is 52.1 Å². The Morgan fingerprint density at radius 2 is 2.15 bits per heavy atom. The van der Waals surface area contributed by atoms with E-state index in [0.717, 1.165) is 5.75 Å². The molecule has 1 aliphatic carbocycles. The van der Waals surface area contributed by atoms with Gasteiger partial charge in [-0.2, -0.15) is 0 Å². The van der Waals surface area contributed by atoms with Gasteiger partial charge in [-0.1, -0.05) is 32.0 Å². The number of benzene rings is 1. The molecule has 2 rings (SSSR count). The molecule has 0 radical (unpaired) electrons. The van der Waals surface area contributed by atoms with Crippen molar-refractivity contribution < 1.29 is 4.74 Å². The Morgan fingerprint density at radius 1 is 1.40 bits per heavy atom. The van der Waals surface area contributed by atoms with E-state index in [1.807, 2.05) is 19.1 Å². The molecule has 2 atom stereocenters. The summed E-state index contributed by atoms with van der Waals surface area (Å²) in [5.74, 6) is 0.954. The number of hydrogen-bond donors (Lipinski definition) is 2. The molecule has 20 heavy (non-hydrogen) atoms. The minimum atomic E-state index is 0.177. The van der Waals surface area contributed by atoms with Crippen LogP contribution in [0.4, 0.5) is 0 Å². The van der Waals surface area contributed by atoms with Crippen LogP contribution in [0.5, 0.6) is 5.75 Å². The molecule has 0 amide bonds. The summed E-state index contributed by atoms with van der Waals surface area (Å²) in [6.45, 7) is 7.99. The summed E-state index contributed by atoms with van der Waals surface area (Å²) >= 11 is 0. The van der Waals surface area contributed by atoms with Gasteiger partial charge in [-0.05, 0) is 37.7 Å². The van der Waals surface area contributed by atoms with Crippen molar-refractivity contribution in [2.75, 3.05) is 13.2 Å². The molecule has 3 N–H and O–H groups in total. The summed E-state index contributed by atoms with van der Waals surface area (Å²) in [5, 5.41) is 3.73. The lowest BCUT2D eigenvalue weighted by molar-refractivity contribution is 0.324. The van der Waals surface area contributed by atoms with E-state index >= 15 is 0 Å². The molecule has 2 unspecified atom stereocenters. The second-order valence-corrected chi connectivity index (χ2v) is 6.53. The highest BCUT2D eigenvalue weighted by Gasteiger charge is 2.32. The van der Waals surface area contributed by atoms with E-state index in [1.165, 1.54) is 24.8 Å². The van der Waals surface area contributed by atoms with Crippen LogP contribution in [0.15, 0.2) is 24.3 Å². The minimum Gasteiger partial charge on any atom is -0.494 e. The molecule has 3 heteroatoms. The summed E-state index contributed by atoms with van der Waals surface area (Å²) in [7, 11) is 0. The smallest absolute Gasteiger partial charge is 0.124 e. The van der Waals surface area contributed by atoms with Crippen LogP contribution in [0, 0.1) is 5.41 Å².